The van der Waals surface area contributed by atoms with Crippen LogP contribution in [0, 0.1) is 0 Å². The molecule has 3 rings (SSSR count). The van der Waals surface area contributed by atoms with Gasteiger partial charge in [0.25, 0.3) is 5.92 Å². The molecule has 0 amide bonds. The topological polar surface area (TPSA) is 43.3 Å². The van der Waals surface area contributed by atoms with Crippen molar-refractivity contribution in [2.45, 2.75) is 17.8 Å². The Morgan fingerprint density at radius 2 is 2.19 bits per heavy atom. The van der Waals surface area contributed by atoms with E-state index in [1.54, 1.807) is 16.8 Å². The summed E-state index contributed by atoms with van der Waals surface area (Å²) >= 11 is 0. The molecular formula is C11H11F2N3. The molecule has 1 aliphatic carbocycles. The molecule has 0 saturated heterocycles. The lowest BCUT2D eigenvalue weighted by Gasteiger charge is -2.12. The van der Waals surface area contributed by atoms with Gasteiger partial charge in [-0.25, -0.2) is 13.3 Å². The molecule has 16 heavy (non-hydrogen) atoms. The van der Waals surface area contributed by atoms with Gasteiger partial charge in [0, 0.05) is 24.7 Å². The monoisotopic (exact) mass is 223 g/mol. The Labute approximate surface area is 90.9 Å². The van der Waals surface area contributed by atoms with E-state index >= 15 is 0 Å². The van der Waals surface area contributed by atoms with Crippen LogP contribution in [0.5, 0.6) is 0 Å². The minimum absolute atomic E-state index is 0.0454. The first kappa shape index (κ1) is 9.72. The minimum Gasteiger partial charge on any atom is -0.329 e. The van der Waals surface area contributed by atoms with Crippen molar-refractivity contribution in [2.75, 3.05) is 6.54 Å². The third-order valence-electron chi connectivity index (χ3n) is 3.39. The third kappa shape index (κ3) is 1.01. The molecule has 2 aromatic rings. The van der Waals surface area contributed by atoms with E-state index in [2.05, 4.69) is 5.10 Å². The lowest BCUT2D eigenvalue weighted by molar-refractivity contribution is 0.0899. The maximum Gasteiger partial charge on any atom is 0.260 e. The van der Waals surface area contributed by atoms with Crippen molar-refractivity contribution in [3.05, 3.63) is 36.2 Å². The number of hydrogen-bond donors (Lipinski definition) is 1. The number of hydrogen-bond acceptors (Lipinski definition) is 2. The van der Waals surface area contributed by atoms with Gasteiger partial charge >= 0.3 is 0 Å². The molecule has 1 unspecified atom stereocenters. The number of aromatic nitrogens is 2. The van der Waals surface area contributed by atoms with Crippen molar-refractivity contribution in [3.8, 4) is 0 Å². The number of nitrogens with zero attached hydrogens (tertiary/aromatic N) is 2. The molecule has 3 nitrogen and oxygen atoms in total. The normalized spacial score (nSPS) is 27.2. The van der Waals surface area contributed by atoms with Crippen molar-refractivity contribution in [1.29, 1.82) is 0 Å². The summed E-state index contributed by atoms with van der Waals surface area (Å²) in [5.74, 6) is -2.69. The summed E-state index contributed by atoms with van der Waals surface area (Å²) in [6.45, 7) is -0.0454. The SMILES string of the molecule is NCC1(c2cnn3ccccc23)CC1(F)F. The van der Waals surface area contributed by atoms with Crippen LogP contribution in [-0.2, 0) is 5.41 Å². The van der Waals surface area contributed by atoms with Gasteiger partial charge in [0.1, 0.15) is 0 Å². The number of nitrogens with two attached hydrogens (primary N) is 1. The summed E-state index contributed by atoms with van der Waals surface area (Å²) < 4.78 is 28.5. The molecule has 1 fully saturated rings. The quantitative estimate of drug-likeness (QED) is 0.839. The number of pyridine rings is 1. The molecule has 1 saturated carbocycles. The standard InChI is InChI=1S/C11H11F2N3/c12-11(13)6-10(11,7-14)8-5-15-16-4-2-1-3-9(8)16/h1-5H,6-7,14H2. The molecule has 0 bridgehead atoms. The molecule has 0 aliphatic heterocycles. The van der Waals surface area contributed by atoms with E-state index in [0.29, 0.717) is 11.1 Å². The highest BCUT2D eigenvalue weighted by atomic mass is 19.3. The zero-order valence-electron chi connectivity index (χ0n) is 8.53. The van der Waals surface area contributed by atoms with Crippen LogP contribution in [0.25, 0.3) is 5.52 Å². The molecule has 2 N–H and O–H groups in total. The van der Waals surface area contributed by atoms with Crippen LogP contribution in [-0.4, -0.2) is 22.1 Å². The van der Waals surface area contributed by atoms with Crippen LogP contribution in [0.1, 0.15) is 12.0 Å². The fourth-order valence-electron chi connectivity index (χ4n) is 2.26. The van der Waals surface area contributed by atoms with Gasteiger partial charge in [0.05, 0.1) is 17.1 Å². The fraction of sp³-hybridized carbons (Fsp3) is 0.364. The molecule has 0 radical (unpaired) electrons. The average molecular weight is 223 g/mol. The van der Waals surface area contributed by atoms with E-state index in [0.717, 1.165) is 0 Å². The lowest BCUT2D eigenvalue weighted by Crippen LogP contribution is -2.26. The van der Waals surface area contributed by atoms with Crippen LogP contribution in [0.15, 0.2) is 30.6 Å². The van der Waals surface area contributed by atoms with E-state index < -0.39 is 11.3 Å². The molecule has 2 aromatic heterocycles. The van der Waals surface area contributed by atoms with Gasteiger partial charge in [0.15, 0.2) is 0 Å². The summed E-state index contributed by atoms with van der Waals surface area (Å²) in [4.78, 5) is 0. The van der Waals surface area contributed by atoms with Crippen LogP contribution in [0.4, 0.5) is 8.78 Å². The predicted molar refractivity (Wildman–Crippen MR) is 55.5 cm³/mol. The molecule has 0 aromatic carbocycles. The maximum atomic E-state index is 13.4. The van der Waals surface area contributed by atoms with Crippen molar-refractivity contribution < 1.29 is 8.78 Å². The Kier molecular flexibility index (Phi) is 1.70. The molecule has 84 valence electrons. The second-order valence-corrected chi connectivity index (χ2v) is 4.26. The Balaban J connectivity index is 2.20. The van der Waals surface area contributed by atoms with Gasteiger partial charge in [-0.15, -0.1) is 0 Å². The highest BCUT2D eigenvalue weighted by Crippen LogP contribution is 2.61. The molecule has 1 atom stereocenters. The highest BCUT2D eigenvalue weighted by molar-refractivity contribution is 5.60. The molecule has 2 heterocycles. The number of alkyl halides is 2. The molecular weight excluding hydrogens is 212 g/mol. The first-order chi connectivity index (χ1) is 7.61. The maximum absolute atomic E-state index is 13.4. The Hall–Kier alpha value is -1.49. The third-order valence-corrected chi connectivity index (χ3v) is 3.39. The van der Waals surface area contributed by atoms with Crippen molar-refractivity contribution in [3.63, 3.8) is 0 Å². The van der Waals surface area contributed by atoms with Gasteiger partial charge in [-0.2, -0.15) is 5.10 Å². The van der Waals surface area contributed by atoms with E-state index in [9.17, 15) is 8.78 Å². The van der Waals surface area contributed by atoms with E-state index in [4.69, 9.17) is 5.73 Å². The largest absolute Gasteiger partial charge is 0.329 e. The summed E-state index contributed by atoms with van der Waals surface area (Å²) in [5.41, 5.74) is 5.58. The fourth-order valence-corrected chi connectivity index (χ4v) is 2.26. The van der Waals surface area contributed by atoms with E-state index in [1.165, 1.54) is 6.20 Å². The van der Waals surface area contributed by atoms with E-state index in [1.807, 2.05) is 12.1 Å². The predicted octanol–water partition coefficient (Wildman–Crippen LogP) is 1.57. The average Bonchev–Trinajstić information content (AvgIpc) is 2.67. The molecule has 5 heteroatoms. The second-order valence-electron chi connectivity index (χ2n) is 4.26. The van der Waals surface area contributed by atoms with Crippen LogP contribution >= 0.6 is 0 Å². The van der Waals surface area contributed by atoms with Crippen LogP contribution in [0.3, 0.4) is 0 Å². The number of rotatable bonds is 2. The van der Waals surface area contributed by atoms with Gasteiger partial charge < -0.3 is 5.73 Å². The Bertz CT molecular complexity index is 549. The van der Waals surface area contributed by atoms with Crippen LogP contribution in [0.2, 0.25) is 0 Å². The summed E-state index contributed by atoms with van der Waals surface area (Å²) in [5, 5.41) is 4.07. The summed E-state index contributed by atoms with van der Waals surface area (Å²) in [6, 6.07) is 5.41. The van der Waals surface area contributed by atoms with E-state index in [-0.39, 0.29) is 13.0 Å². The highest BCUT2D eigenvalue weighted by Gasteiger charge is 2.71. The Morgan fingerprint density at radius 3 is 2.81 bits per heavy atom. The number of halogens is 2. The number of fused-ring (bicyclic) bond motifs is 1. The zero-order valence-corrected chi connectivity index (χ0v) is 8.53. The summed E-state index contributed by atoms with van der Waals surface area (Å²) in [6.07, 6.45) is 3.07. The first-order valence-electron chi connectivity index (χ1n) is 5.11. The zero-order chi connectivity index (χ0) is 11.4. The van der Waals surface area contributed by atoms with Crippen molar-refractivity contribution >= 4 is 5.52 Å². The minimum atomic E-state index is -2.69. The molecule has 1 aliphatic rings. The van der Waals surface area contributed by atoms with Gasteiger partial charge in [-0.3, -0.25) is 0 Å². The van der Waals surface area contributed by atoms with Crippen molar-refractivity contribution in [1.82, 2.24) is 9.61 Å². The second kappa shape index (κ2) is 2.79. The van der Waals surface area contributed by atoms with Crippen molar-refractivity contribution in [2.24, 2.45) is 5.73 Å². The summed E-state index contributed by atoms with van der Waals surface area (Å²) in [7, 11) is 0. The first-order valence-corrected chi connectivity index (χ1v) is 5.11. The van der Waals surface area contributed by atoms with Gasteiger partial charge in [-0.1, -0.05) is 6.07 Å². The van der Waals surface area contributed by atoms with Crippen LogP contribution < -0.4 is 5.73 Å². The molecule has 0 spiro atoms. The van der Waals surface area contributed by atoms with Gasteiger partial charge in [0.2, 0.25) is 0 Å². The van der Waals surface area contributed by atoms with Gasteiger partial charge in [-0.05, 0) is 12.1 Å². The lowest BCUT2D eigenvalue weighted by atomic mass is 9.97. The smallest absolute Gasteiger partial charge is 0.260 e. The Morgan fingerprint density at radius 1 is 1.44 bits per heavy atom.